The van der Waals surface area contributed by atoms with E-state index in [4.69, 9.17) is 0 Å². The van der Waals surface area contributed by atoms with Gasteiger partial charge >= 0.3 is 0 Å². The van der Waals surface area contributed by atoms with E-state index in [2.05, 4.69) is 56.0 Å². The summed E-state index contributed by atoms with van der Waals surface area (Å²) in [6, 6.07) is 17.0. The summed E-state index contributed by atoms with van der Waals surface area (Å²) in [6.45, 7) is 5.24. The molecule has 1 aromatic carbocycles. The second kappa shape index (κ2) is 8.89. The van der Waals surface area contributed by atoms with Crippen molar-refractivity contribution in [1.29, 1.82) is 0 Å². The van der Waals surface area contributed by atoms with E-state index in [0.29, 0.717) is 0 Å². The summed E-state index contributed by atoms with van der Waals surface area (Å²) in [5.74, 6) is 0.0383. The first-order valence-electron chi connectivity index (χ1n) is 11.1. The van der Waals surface area contributed by atoms with Crippen LogP contribution >= 0.6 is 11.8 Å². The van der Waals surface area contributed by atoms with E-state index in [1.807, 2.05) is 25.1 Å². The van der Waals surface area contributed by atoms with Crippen LogP contribution in [0.3, 0.4) is 0 Å². The summed E-state index contributed by atoms with van der Waals surface area (Å²) in [4.78, 5) is 20.9. The number of benzene rings is 1. The molecule has 0 unspecified atom stereocenters. The van der Waals surface area contributed by atoms with Gasteiger partial charge in [0, 0.05) is 19.1 Å². The molecule has 4 heterocycles. The molecule has 31 heavy (non-hydrogen) atoms. The van der Waals surface area contributed by atoms with Gasteiger partial charge < -0.3 is 10.2 Å². The van der Waals surface area contributed by atoms with E-state index >= 15 is 0 Å². The van der Waals surface area contributed by atoms with Crippen molar-refractivity contribution < 1.29 is 4.79 Å². The van der Waals surface area contributed by atoms with Crippen LogP contribution in [0.15, 0.2) is 58.5 Å². The first-order chi connectivity index (χ1) is 15.2. The summed E-state index contributed by atoms with van der Waals surface area (Å²) in [7, 11) is 0. The Balaban J connectivity index is 1.13. The number of aromatic nitrogens is 2. The zero-order valence-corrected chi connectivity index (χ0v) is 18.7. The standard InChI is InChI=1S/C25H28N4OS/c1-18-21-17-22(31-24-11-5-10-23(26-18)29(21)24)25(30)27-20-12-15-28(16-13-20)14-6-9-19-7-3-2-4-8-19/h2-5,7-8,10-11,17,20H,6,9,12-16H2,1H3,(H,27,30). The number of aryl methyl sites for hydroxylation is 2. The van der Waals surface area contributed by atoms with Crippen molar-refractivity contribution in [2.75, 3.05) is 19.6 Å². The van der Waals surface area contributed by atoms with Crippen LogP contribution in [-0.2, 0) is 11.2 Å². The molecule has 160 valence electrons. The molecule has 1 saturated heterocycles. The van der Waals surface area contributed by atoms with E-state index in [1.165, 1.54) is 23.7 Å². The first kappa shape index (κ1) is 20.3. The molecule has 0 radical (unpaired) electrons. The van der Waals surface area contributed by atoms with Gasteiger partial charge in [0.1, 0.15) is 5.65 Å². The highest BCUT2D eigenvalue weighted by Crippen LogP contribution is 2.35. The Kier molecular flexibility index (Phi) is 5.83. The van der Waals surface area contributed by atoms with Gasteiger partial charge in [0.15, 0.2) is 0 Å². The minimum absolute atomic E-state index is 0.0383. The molecular formula is C25H28N4OS. The topological polar surface area (TPSA) is 49.6 Å². The summed E-state index contributed by atoms with van der Waals surface area (Å²) in [5, 5.41) is 4.33. The van der Waals surface area contributed by atoms with E-state index in [1.54, 1.807) is 0 Å². The predicted molar refractivity (Wildman–Crippen MR) is 126 cm³/mol. The summed E-state index contributed by atoms with van der Waals surface area (Å²) >= 11 is 1.53. The van der Waals surface area contributed by atoms with Crippen molar-refractivity contribution in [3.8, 4) is 0 Å². The molecule has 1 fully saturated rings. The van der Waals surface area contributed by atoms with E-state index in [9.17, 15) is 4.79 Å². The Labute approximate surface area is 187 Å². The fraction of sp³-hybridized carbons (Fsp3) is 0.360. The number of pyridine rings is 1. The fourth-order valence-corrected chi connectivity index (χ4v) is 5.51. The minimum atomic E-state index is 0.0383. The molecule has 5 rings (SSSR count). The number of likely N-dealkylation sites (tertiary alicyclic amines) is 1. The average molecular weight is 433 g/mol. The Morgan fingerprint density at radius 1 is 1.13 bits per heavy atom. The van der Waals surface area contributed by atoms with Crippen molar-refractivity contribution >= 4 is 29.4 Å². The Bertz CT molecular complexity index is 1110. The summed E-state index contributed by atoms with van der Waals surface area (Å²) in [5.41, 5.74) is 4.33. The van der Waals surface area contributed by atoms with Crippen molar-refractivity contribution in [3.63, 3.8) is 0 Å². The van der Waals surface area contributed by atoms with Crippen LogP contribution in [-0.4, -0.2) is 45.9 Å². The van der Waals surface area contributed by atoms with Crippen LogP contribution in [0.25, 0.3) is 11.7 Å². The van der Waals surface area contributed by atoms with E-state index in [0.717, 1.165) is 65.9 Å². The zero-order chi connectivity index (χ0) is 21.2. The number of carbonyl (C=O) groups excluding carboxylic acids is 1. The second-order valence-electron chi connectivity index (χ2n) is 8.43. The molecule has 0 aliphatic carbocycles. The van der Waals surface area contributed by atoms with Crippen LogP contribution in [0.4, 0.5) is 0 Å². The van der Waals surface area contributed by atoms with Gasteiger partial charge in [-0.1, -0.05) is 48.2 Å². The SMILES string of the molecule is Cc1nc2cccc3n2c1C=C(C(=O)NC1CCN(CCCc2ccccc2)CC1)S3. The minimum Gasteiger partial charge on any atom is -0.349 e. The molecular weight excluding hydrogens is 404 g/mol. The van der Waals surface area contributed by atoms with Crippen LogP contribution < -0.4 is 5.32 Å². The van der Waals surface area contributed by atoms with Gasteiger partial charge in [0.2, 0.25) is 0 Å². The molecule has 3 aromatic rings. The van der Waals surface area contributed by atoms with Crippen molar-refractivity contribution in [3.05, 3.63) is 70.4 Å². The number of amides is 1. The zero-order valence-electron chi connectivity index (χ0n) is 17.9. The number of carbonyl (C=O) groups is 1. The number of rotatable bonds is 6. The highest BCUT2D eigenvalue weighted by molar-refractivity contribution is 8.04. The molecule has 2 aromatic heterocycles. The van der Waals surface area contributed by atoms with Gasteiger partial charge in [-0.15, -0.1) is 0 Å². The number of nitrogens with zero attached hydrogens (tertiary/aromatic N) is 3. The van der Waals surface area contributed by atoms with Gasteiger partial charge in [0.05, 0.1) is 21.3 Å². The summed E-state index contributed by atoms with van der Waals surface area (Å²) < 4.78 is 2.13. The molecule has 1 N–H and O–H groups in total. The Morgan fingerprint density at radius 3 is 2.74 bits per heavy atom. The number of imidazole rings is 1. The first-order valence-corrected chi connectivity index (χ1v) is 11.9. The molecule has 2 aliphatic heterocycles. The maximum atomic E-state index is 13.0. The van der Waals surface area contributed by atoms with Crippen molar-refractivity contribution in [1.82, 2.24) is 19.6 Å². The highest BCUT2D eigenvalue weighted by atomic mass is 32.2. The normalized spacial score (nSPS) is 17.0. The smallest absolute Gasteiger partial charge is 0.258 e. The monoisotopic (exact) mass is 432 g/mol. The lowest BCUT2D eigenvalue weighted by Gasteiger charge is -2.32. The van der Waals surface area contributed by atoms with Crippen LogP contribution in [0, 0.1) is 6.92 Å². The van der Waals surface area contributed by atoms with Gasteiger partial charge in [-0.05, 0) is 62.9 Å². The van der Waals surface area contributed by atoms with Crippen LogP contribution in [0.1, 0.15) is 36.2 Å². The lowest BCUT2D eigenvalue weighted by Crippen LogP contribution is -2.45. The maximum absolute atomic E-state index is 13.0. The van der Waals surface area contributed by atoms with E-state index in [-0.39, 0.29) is 11.9 Å². The van der Waals surface area contributed by atoms with Crippen molar-refractivity contribution in [2.45, 2.75) is 43.7 Å². The second-order valence-corrected chi connectivity index (χ2v) is 9.49. The molecule has 0 saturated carbocycles. The number of nitrogens with one attached hydrogen (secondary N) is 1. The highest BCUT2D eigenvalue weighted by Gasteiger charge is 2.25. The quantitative estimate of drug-likeness (QED) is 0.631. The lowest BCUT2D eigenvalue weighted by molar-refractivity contribution is -0.117. The van der Waals surface area contributed by atoms with E-state index < -0.39 is 0 Å². The fourth-order valence-electron chi connectivity index (χ4n) is 4.53. The largest absolute Gasteiger partial charge is 0.349 e. The average Bonchev–Trinajstić information content (AvgIpc) is 3.12. The molecule has 0 bridgehead atoms. The number of piperidine rings is 1. The Hall–Kier alpha value is -2.57. The third kappa shape index (κ3) is 4.41. The van der Waals surface area contributed by atoms with Gasteiger partial charge in [0.25, 0.3) is 5.91 Å². The number of thioether (sulfide) groups is 1. The molecule has 2 aliphatic rings. The molecule has 6 heteroatoms. The predicted octanol–water partition coefficient (Wildman–Crippen LogP) is 4.30. The van der Waals surface area contributed by atoms with Gasteiger partial charge in [-0.3, -0.25) is 9.20 Å². The molecule has 5 nitrogen and oxygen atoms in total. The lowest BCUT2D eigenvalue weighted by atomic mass is 10.0. The molecule has 0 spiro atoms. The summed E-state index contributed by atoms with van der Waals surface area (Å²) in [6.07, 6.45) is 6.33. The third-order valence-electron chi connectivity index (χ3n) is 6.24. The Morgan fingerprint density at radius 2 is 1.94 bits per heavy atom. The van der Waals surface area contributed by atoms with Crippen molar-refractivity contribution in [2.24, 2.45) is 0 Å². The van der Waals surface area contributed by atoms with Gasteiger partial charge in [-0.25, -0.2) is 4.98 Å². The number of hydrogen-bond donors (Lipinski definition) is 1. The number of hydrogen-bond acceptors (Lipinski definition) is 4. The molecule has 0 atom stereocenters. The third-order valence-corrected chi connectivity index (χ3v) is 7.29. The van der Waals surface area contributed by atoms with Crippen LogP contribution in [0.5, 0.6) is 0 Å². The molecule has 1 amide bonds. The van der Waals surface area contributed by atoms with Crippen LogP contribution in [0.2, 0.25) is 0 Å². The maximum Gasteiger partial charge on any atom is 0.258 e. The van der Waals surface area contributed by atoms with Gasteiger partial charge in [-0.2, -0.15) is 0 Å².